The van der Waals surface area contributed by atoms with Crippen molar-refractivity contribution >= 4 is 17.4 Å². The molecule has 1 saturated heterocycles. The minimum absolute atomic E-state index is 0.0101. The maximum atomic E-state index is 13.4. The van der Waals surface area contributed by atoms with Gasteiger partial charge in [0.15, 0.2) is 5.78 Å². The van der Waals surface area contributed by atoms with E-state index in [9.17, 15) is 9.18 Å². The quantitative estimate of drug-likeness (QED) is 0.815. The van der Waals surface area contributed by atoms with Gasteiger partial charge in [-0.2, -0.15) is 0 Å². The third kappa shape index (κ3) is 2.42. The van der Waals surface area contributed by atoms with Gasteiger partial charge in [0.25, 0.3) is 0 Å². The highest BCUT2D eigenvalue weighted by molar-refractivity contribution is 6.31. The van der Waals surface area contributed by atoms with Gasteiger partial charge in [-0.3, -0.25) is 4.79 Å². The third-order valence-corrected chi connectivity index (χ3v) is 3.06. The van der Waals surface area contributed by atoms with Gasteiger partial charge in [-0.05, 0) is 25.0 Å². The molecule has 1 fully saturated rings. The van der Waals surface area contributed by atoms with Crippen LogP contribution >= 0.6 is 11.6 Å². The molecule has 1 unspecified atom stereocenters. The molecule has 86 valence electrons. The average Bonchev–Trinajstić information content (AvgIpc) is 2.76. The van der Waals surface area contributed by atoms with Crippen LogP contribution in [0.25, 0.3) is 0 Å². The second-order valence-electron chi connectivity index (χ2n) is 3.84. The zero-order chi connectivity index (χ0) is 11.5. The van der Waals surface area contributed by atoms with Crippen molar-refractivity contribution < 1.29 is 13.9 Å². The lowest BCUT2D eigenvalue weighted by Crippen LogP contribution is -2.21. The number of carbonyl (C=O) groups is 1. The van der Waals surface area contributed by atoms with Crippen molar-refractivity contribution in [2.45, 2.75) is 25.4 Å². The highest BCUT2D eigenvalue weighted by Gasteiger charge is 2.24. The van der Waals surface area contributed by atoms with Gasteiger partial charge in [0.05, 0.1) is 0 Å². The Morgan fingerprint density at radius 2 is 2.38 bits per heavy atom. The SMILES string of the molecule is O=C(Cc1c(F)cccc1Cl)C1CCCO1. The fourth-order valence-electron chi connectivity index (χ4n) is 1.82. The van der Waals surface area contributed by atoms with E-state index in [0.717, 1.165) is 12.8 Å². The molecule has 0 radical (unpaired) electrons. The summed E-state index contributed by atoms with van der Waals surface area (Å²) in [5, 5.41) is 0.298. The van der Waals surface area contributed by atoms with Crippen LogP contribution < -0.4 is 0 Å². The van der Waals surface area contributed by atoms with Gasteiger partial charge in [0.1, 0.15) is 11.9 Å². The molecule has 0 saturated carbocycles. The molecule has 0 bridgehead atoms. The average molecular weight is 243 g/mol. The van der Waals surface area contributed by atoms with Crippen molar-refractivity contribution in [3.63, 3.8) is 0 Å². The van der Waals surface area contributed by atoms with Crippen LogP contribution in [-0.2, 0) is 16.0 Å². The molecule has 2 nitrogen and oxygen atoms in total. The van der Waals surface area contributed by atoms with Crippen LogP contribution in [0.3, 0.4) is 0 Å². The Hall–Kier alpha value is -0.930. The molecule has 1 aromatic carbocycles. The maximum absolute atomic E-state index is 13.4. The fraction of sp³-hybridized carbons (Fsp3) is 0.417. The highest BCUT2D eigenvalue weighted by Crippen LogP contribution is 2.22. The van der Waals surface area contributed by atoms with E-state index >= 15 is 0 Å². The topological polar surface area (TPSA) is 26.3 Å². The van der Waals surface area contributed by atoms with Crippen molar-refractivity contribution in [3.8, 4) is 0 Å². The molecule has 0 aromatic heterocycles. The van der Waals surface area contributed by atoms with Gasteiger partial charge in [-0.15, -0.1) is 0 Å². The molecular weight excluding hydrogens is 231 g/mol. The molecule has 1 aromatic rings. The van der Waals surface area contributed by atoms with Crippen molar-refractivity contribution in [1.29, 1.82) is 0 Å². The maximum Gasteiger partial charge on any atom is 0.166 e. The Labute approximate surface area is 98.4 Å². The molecule has 0 spiro atoms. The summed E-state index contributed by atoms with van der Waals surface area (Å²) in [6.45, 7) is 0.613. The normalized spacial score (nSPS) is 20.0. The van der Waals surface area contributed by atoms with Crippen molar-refractivity contribution in [2.24, 2.45) is 0 Å². The van der Waals surface area contributed by atoms with Crippen LogP contribution in [0.15, 0.2) is 18.2 Å². The number of benzene rings is 1. The van der Waals surface area contributed by atoms with Crippen molar-refractivity contribution in [3.05, 3.63) is 34.6 Å². The monoisotopic (exact) mass is 242 g/mol. The second-order valence-corrected chi connectivity index (χ2v) is 4.25. The Morgan fingerprint density at radius 1 is 1.56 bits per heavy atom. The van der Waals surface area contributed by atoms with E-state index in [2.05, 4.69) is 0 Å². The van der Waals surface area contributed by atoms with E-state index in [1.165, 1.54) is 12.1 Å². The summed E-state index contributed by atoms with van der Waals surface area (Å²) in [6, 6.07) is 4.42. The highest BCUT2D eigenvalue weighted by atomic mass is 35.5. The summed E-state index contributed by atoms with van der Waals surface area (Å²) in [7, 11) is 0. The summed E-state index contributed by atoms with van der Waals surface area (Å²) in [4.78, 5) is 11.8. The molecule has 0 amide bonds. The molecule has 4 heteroatoms. The van der Waals surface area contributed by atoms with Crippen molar-refractivity contribution in [2.75, 3.05) is 6.61 Å². The number of halogens is 2. The third-order valence-electron chi connectivity index (χ3n) is 2.70. The minimum atomic E-state index is -0.432. The number of carbonyl (C=O) groups excluding carboxylic acids is 1. The second kappa shape index (κ2) is 4.93. The van der Waals surface area contributed by atoms with E-state index in [1.807, 2.05) is 0 Å². The first-order chi connectivity index (χ1) is 7.68. The fourth-order valence-corrected chi connectivity index (χ4v) is 2.05. The van der Waals surface area contributed by atoms with Crippen LogP contribution in [0, 0.1) is 5.82 Å². The molecular formula is C12H12ClFO2. The van der Waals surface area contributed by atoms with Gasteiger partial charge in [-0.25, -0.2) is 4.39 Å². The molecule has 1 aliphatic rings. The zero-order valence-electron chi connectivity index (χ0n) is 8.71. The molecule has 1 aliphatic heterocycles. The predicted octanol–water partition coefficient (Wildman–Crippen LogP) is 2.77. The van der Waals surface area contributed by atoms with E-state index in [1.54, 1.807) is 6.07 Å². The Balaban J connectivity index is 2.11. The van der Waals surface area contributed by atoms with Crippen LogP contribution in [0.1, 0.15) is 18.4 Å². The molecule has 16 heavy (non-hydrogen) atoms. The van der Waals surface area contributed by atoms with E-state index in [0.29, 0.717) is 11.6 Å². The standard InChI is InChI=1S/C12H12ClFO2/c13-9-3-1-4-10(14)8(9)7-11(15)12-5-2-6-16-12/h1,3-4,12H,2,5-7H2. The number of rotatable bonds is 3. The summed E-state index contributed by atoms with van der Waals surface area (Å²) in [5.41, 5.74) is 0.268. The van der Waals surface area contributed by atoms with Crippen LogP contribution in [0.4, 0.5) is 4.39 Å². The lowest BCUT2D eigenvalue weighted by molar-refractivity contribution is -0.127. The van der Waals surface area contributed by atoms with Gasteiger partial charge in [0.2, 0.25) is 0 Å². The van der Waals surface area contributed by atoms with Crippen LogP contribution in [0.2, 0.25) is 5.02 Å². The summed E-state index contributed by atoms with van der Waals surface area (Å²) in [5.74, 6) is -0.525. The minimum Gasteiger partial charge on any atom is -0.370 e. The smallest absolute Gasteiger partial charge is 0.166 e. The largest absolute Gasteiger partial charge is 0.370 e. The van der Waals surface area contributed by atoms with Crippen LogP contribution in [0.5, 0.6) is 0 Å². The van der Waals surface area contributed by atoms with Crippen LogP contribution in [-0.4, -0.2) is 18.5 Å². The first kappa shape index (κ1) is 11.6. The summed E-state index contributed by atoms with van der Waals surface area (Å²) < 4.78 is 18.7. The Morgan fingerprint density at radius 3 is 3.00 bits per heavy atom. The Kier molecular flexibility index (Phi) is 3.56. The molecule has 1 heterocycles. The number of hydrogen-bond acceptors (Lipinski definition) is 2. The number of ether oxygens (including phenoxy) is 1. The number of hydrogen-bond donors (Lipinski definition) is 0. The first-order valence-corrected chi connectivity index (χ1v) is 5.63. The van der Waals surface area contributed by atoms with E-state index in [-0.39, 0.29) is 23.9 Å². The number of ketones is 1. The van der Waals surface area contributed by atoms with Crippen molar-refractivity contribution in [1.82, 2.24) is 0 Å². The van der Waals surface area contributed by atoms with Gasteiger partial charge < -0.3 is 4.74 Å². The van der Waals surface area contributed by atoms with Gasteiger partial charge in [-0.1, -0.05) is 17.7 Å². The van der Waals surface area contributed by atoms with Gasteiger partial charge in [0, 0.05) is 23.6 Å². The molecule has 0 aliphatic carbocycles. The predicted molar refractivity (Wildman–Crippen MR) is 59.1 cm³/mol. The summed E-state index contributed by atoms with van der Waals surface area (Å²) in [6.07, 6.45) is 1.25. The lowest BCUT2D eigenvalue weighted by atomic mass is 10.0. The van der Waals surface area contributed by atoms with E-state index in [4.69, 9.17) is 16.3 Å². The molecule has 1 atom stereocenters. The van der Waals surface area contributed by atoms with Gasteiger partial charge >= 0.3 is 0 Å². The first-order valence-electron chi connectivity index (χ1n) is 5.25. The molecule has 2 rings (SSSR count). The molecule has 0 N–H and O–H groups in total. The lowest BCUT2D eigenvalue weighted by Gasteiger charge is -2.09. The zero-order valence-corrected chi connectivity index (χ0v) is 9.47. The summed E-state index contributed by atoms with van der Waals surface area (Å²) >= 11 is 5.85. The Bertz CT molecular complexity index is 380. The number of Topliss-reactive ketones (excluding diaryl/α,β-unsaturated/α-hetero) is 1. The van der Waals surface area contributed by atoms with E-state index < -0.39 is 5.82 Å².